The van der Waals surface area contributed by atoms with Crippen molar-refractivity contribution in [1.82, 2.24) is 4.72 Å². The molecule has 1 saturated carbocycles. The van der Waals surface area contributed by atoms with E-state index in [0.29, 0.717) is 6.42 Å². The number of nitrogens with one attached hydrogen (secondary N) is 1. The Balaban J connectivity index is 2.32. The number of hydrogen-bond donors (Lipinski definition) is 2. The summed E-state index contributed by atoms with van der Waals surface area (Å²) < 4.78 is 59.4. The lowest BCUT2D eigenvalue weighted by Crippen LogP contribution is -2.41. The summed E-state index contributed by atoms with van der Waals surface area (Å²) in [5.41, 5.74) is -0.660. The third-order valence-electron chi connectivity index (χ3n) is 3.66. The van der Waals surface area contributed by atoms with E-state index >= 15 is 0 Å². The average Bonchev–Trinajstić information content (AvgIpc) is 2.85. The van der Waals surface area contributed by atoms with Crippen LogP contribution in [0.2, 0.25) is 0 Å². The molecule has 0 spiro atoms. The molecule has 2 unspecified atom stereocenters. The van der Waals surface area contributed by atoms with Crippen molar-refractivity contribution in [2.75, 3.05) is 7.11 Å². The Morgan fingerprint density at radius 1 is 1.38 bits per heavy atom. The number of hydrogen-bond acceptors (Lipinski definition) is 4. The number of aliphatic hydroxyl groups is 1. The van der Waals surface area contributed by atoms with Crippen molar-refractivity contribution in [2.24, 2.45) is 0 Å². The fourth-order valence-electron chi connectivity index (χ4n) is 2.53. The molecule has 0 radical (unpaired) electrons. The quantitative estimate of drug-likeness (QED) is 0.857. The van der Waals surface area contributed by atoms with E-state index in [-0.39, 0.29) is 6.10 Å². The zero-order valence-electron chi connectivity index (χ0n) is 11.5. The lowest BCUT2D eigenvalue weighted by atomic mass is 10.2. The minimum Gasteiger partial charge on any atom is -0.391 e. The fourth-order valence-corrected chi connectivity index (χ4v) is 3.94. The molecule has 2 atom stereocenters. The fraction of sp³-hybridized carbons (Fsp3) is 0.538. The smallest absolute Gasteiger partial charge is 0.243 e. The summed E-state index contributed by atoms with van der Waals surface area (Å²) in [6, 6.07) is 1.23. The van der Waals surface area contributed by atoms with Crippen LogP contribution in [0.4, 0.5) is 8.78 Å². The third-order valence-corrected chi connectivity index (χ3v) is 5.17. The SMILES string of the molecule is COC1CCCC1NS(=O)(=O)c1ccc(F)c(CO)c1F. The molecule has 21 heavy (non-hydrogen) atoms. The molecular formula is C13H17F2NO4S. The number of benzene rings is 1. The molecule has 1 aliphatic rings. The van der Waals surface area contributed by atoms with Crippen molar-refractivity contribution in [3.05, 3.63) is 29.3 Å². The zero-order valence-corrected chi connectivity index (χ0v) is 12.3. The van der Waals surface area contributed by atoms with E-state index in [0.717, 1.165) is 25.0 Å². The van der Waals surface area contributed by atoms with E-state index < -0.39 is 44.8 Å². The van der Waals surface area contributed by atoms with Gasteiger partial charge in [-0.1, -0.05) is 0 Å². The van der Waals surface area contributed by atoms with Gasteiger partial charge in [-0.3, -0.25) is 0 Å². The molecular weight excluding hydrogens is 304 g/mol. The second kappa shape index (κ2) is 6.35. The minimum absolute atomic E-state index is 0.263. The standard InChI is InChI=1S/C13H17F2NO4S/c1-20-11-4-2-3-10(11)16-21(18,19)12-6-5-9(14)8(7-17)13(12)15/h5-6,10-11,16-17H,2-4,7H2,1H3. The van der Waals surface area contributed by atoms with Crippen molar-refractivity contribution < 1.29 is 27.0 Å². The minimum atomic E-state index is -4.15. The molecule has 8 heteroatoms. The second-order valence-electron chi connectivity index (χ2n) is 4.93. The molecule has 0 heterocycles. The molecule has 1 aliphatic carbocycles. The highest BCUT2D eigenvalue weighted by molar-refractivity contribution is 7.89. The van der Waals surface area contributed by atoms with Gasteiger partial charge in [0.2, 0.25) is 10.0 Å². The van der Waals surface area contributed by atoms with Gasteiger partial charge in [-0.05, 0) is 31.4 Å². The lowest BCUT2D eigenvalue weighted by molar-refractivity contribution is 0.0916. The molecule has 1 aromatic rings. The molecule has 1 fully saturated rings. The van der Waals surface area contributed by atoms with Gasteiger partial charge in [0.05, 0.1) is 18.3 Å². The number of sulfonamides is 1. The van der Waals surface area contributed by atoms with Crippen LogP contribution in [0, 0.1) is 11.6 Å². The monoisotopic (exact) mass is 321 g/mol. The predicted molar refractivity (Wildman–Crippen MR) is 71.0 cm³/mol. The molecule has 0 amide bonds. The molecule has 2 N–H and O–H groups in total. The summed E-state index contributed by atoms with van der Waals surface area (Å²) in [6.45, 7) is -0.912. The molecule has 0 aromatic heterocycles. The van der Waals surface area contributed by atoms with Crippen molar-refractivity contribution in [2.45, 2.75) is 42.9 Å². The van der Waals surface area contributed by atoms with Crippen LogP contribution >= 0.6 is 0 Å². The summed E-state index contributed by atoms with van der Waals surface area (Å²) in [5.74, 6) is -2.25. The first-order valence-electron chi connectivity index (χ1n) is 6.53. The Kier molecular flexibility index (Phi) is 4.92. The summed E-state index contributed by atoms with van der Waals surface area (Å²) in [5, 5.41) is 8.94. The normalized spacial score (nSPS) is 22.7. The molecule has 5 nitrogen and oxygen atoms in total. The lowest BCUT2D eigenvalue weighted by Gasteiger charge is -2.20. The maximum atomic E-state index is 14.0. The Morgan fingerprint density at radius 2 is 2.10 bits per heavy atom. The van der Waals surface area contributed by atoms with Crippen LogP contribution in [0.25, 0.3) is 0 Å². The van der Waals surface area contributed by atoms with Gasteiger partial charge in [-0.2, -0.15) is 0 Å². The average molecular weight is 321 g/mol. The summed E-state index contributed by atoms with van der Waals surface area (Å²) >= 11 is 0. The second-order valence-corrected chi connectivity index (χ2v) is 6.61. The largest absolute Gasteiger partial charge is 0.391 e. The first kappa shape index (κ1) is 16.3. The first-order chi connectivity index (χ1) is 9.90. The van der Waals surface area contributed by atoms with E-state index in [2.05, 4.69) is 4.72 Å². The highest BCUT2D eigenvalue weighted by Crippen LogP contribution is 2.25. The zero-order chi connectivity index (χ0) is 15.6. The molecule has 118 valence electrons. The van der Waals surface area contributed by atoms with Crippen LogP contribution in [-0.2, 0) is 21.4 Å². The maximum absolute atomic E-state index is 14.0. The van der Waals surface area contributed by atoms with Gasteiger partial charge in [0.25, 0.3) is 0 Å². The van der Waals surface area contributed by atoms with Crippen molar-refractivity contribution in [3.63, 3.8) is 0 Å². The van der Waals surface area contributed by atoms with E-state index in [4.69, 9.17) is 9.84 Å². The summed E-state index contributed by atoms with van der Waals surface area (Å²) in [4.78, 5) is -0.672. The maximum Gasteiger partial charge on any atom is 0.243 e. The highest BCUT2D eigenvalue weighted by Gasteiger charge is 2.33. The van der Waals surface area contributed by atoms with Gasteiger partial charge in [-0.25, -0.2) is 21.9 Å². The highest BCUT2D eigenvalue weighted by atomic mass is 32.2. The van der Waals surface area contributed by atoms with Gasteiger partial charge in [-0.15, -0.1) is 0 Å². The Morgan fingerprint density at radius 3 is 2.71 bits per heavy atom. The number of rotatable bonds is 5. The van der Waals surface area contributed by atoms with Crippen LogP contribution in [-0.4, -0.2) is 32.8 Å². The van der Waals surface area contributed by atoms with Crippen LogP contribution in [0.5, 0.6) is 0 Å². The van der Waals surface area contributed by atoms with Crippen molar-refractivity contribution >= 4 is 10.0 Å². The van der Waals surface area contributed by atoms with E-state index in [1.165, 1.54) is 7.11 Å². The van der Waals surface area contributed by atoms with Gasteiger partial charge in [0.15, 0.2) is 5.82 Å². The van der Waals surface area contributed by atoms with E-state index in [1.54, 1.807) is 0 Å². The van der Waals surface area contributed by atoms with E-state index in [1.807, 2.05) is 0 Å². The number of aliphatic hydroxyl groups excluding tert-OH is 1. The molecule has 0 bridgehead atoms. The van der Waals surface area contributed by atoms with Crippen molar-refractivity contribution in [3.8, 4) is 0 Å². The van der Waals surface area contributed by atoms with Gasteiger partial charge >= 0.3 is 0 Å². The molecule has 0 aliphatic heterocycles. The van der Waals surface area contributed by atoms with Gasteiger partial charge < -0.3 is 9.84 Å². The predicted octanol–water partition coefficient (Wildman–Crippen LogP) is 1.30. The van der Waals surface area contributed by atoms with Crippen LogP contribution < -0.4 is 4.72 Å². The van der Waals surface area contributed by atoms with Crippen LogP contribution in [0.15, 0.2) is 17.0 Å². The van der Waals surface area contributed by atoms with Crippen LogP contribution in [0.1, 0.15) is 24.8 Å². The first-order valence-corrected chi connectivity index (χ1v) is 8.02. The third kappa shape index (κ3) is 3.23. The topological polar surface area (TPSA) is 75.6 Å². The number of ether oxygens (including phenoxy) is 1. The molecule has 2 rings (SSSR count). The number of methoxy groups -OCH3 is 1. The Bertz CT molecular complexity index is 621. The van der Waals surface area contributed by atoms with E-state index in [9.17, 15) is 17.2 Å². The summed E-state index contributed by atoms with van der Waals surface area (Å²) in [7, 11) is -2.66. The Labute approximate surface area is 122 Å². The van der Waals surface area contributed by atoms with Gasteiger partial charge in [0.1, 0.15) is 10.7 Å². The number of halogens is 2. The van der Waals surface area contributed by atoms with Crippen molar-refractivity contribution in [1.29, 1.82) is 0 Å². The Hall–Kier alpha value is -1.09. The molecule has 1 aromatic carbocycles. The molecule has 0 saturated heterocycles. The van der Waals surface area contributed by atoms with Gasteiger partial charge in [0, 0.05) is 13.2 Å². The summed E-state index contributed by atoms with van der Waals surface area (Å²) in [6.07, 6.45) is 1.85. The van der Waals surface area contributed by atoms with Crippen LogP contribution in [0.3, 0.4) is 0 Å².